The predicted molar refractivity (Wildman–Crippen MR) is 137 cm³/mol. The molecule has 4 rings (SSSR count). The molecular formula is C29H28N2O7. The predicted octanol–water partition coefficient (Wildman–Crippen LogP) is 2.87. The number of carbonyl (C=O) groups excluding carboxylic acids is 4. The number of esters is 1. The first kappa shape index (κ1) is 26.6. The molecular weight excluding hydrogens is 488 g/mol. The Morgan fingerprint density at radius 2 is 1.45 bits per heavy atom. The first-order chi connectivity index (χ1) is 18.4. The molecule has 196 valence electrons. The second-order valence-corrected chi connectivity index (χ2v) is 8.75. The van der Waals surface area contributed by atoms with Crippen LogP contribution < -0.4 is 5.32 Å². The van der Waals surface area contributed by atoms with Crippen molar-refractivity contribution < 1.29 is 33.8 Å². The van der Waals surface area contributed by atoms with Crippen molar-refractivity contribution in [2.75, 3.05) is 19.8 Å². The first-order valence-corrected chi connectivity index (χ1v) is 12.2. The van der Waals surface area contributed by atoms with Crippen molar-refractivity contribution in [1.29, 1.82) is 0 Å². The van der Waals surface area contributed by atoms with Gasteiger partial charge in [-0.25, -0.2) is 4.79 Å². The highest BCUT2D eigenvalue weighted by Crippen LogP contribution is 2.22. The second-order valence-electron chi connectivity index (χ2n) is 8.75. The third-order valence-electron chi connectivity index (χ3n) is 6.03. The smallest absolute Gasteiger partial charge is 0.329 e. The number of nitrogens with one attached hydrogen (secondary N) is 1. The van der Waals surface area contributed by atoms with Gasteiger partial charge in [-0.15, -0.1) is 0 Å². The largest absolute Gasteiger partial charge is 0.508 e. The molecule has 0 aromatic heterocycles. The molecule has 0 bridgehead atoms. The molecule has 0 saturated heterocycles. The fourth-order valence-electron chi connectivity index (χ4n) is 4.02. The van der Waals surface area contributed by atoms with Crippen molar-refractivity contribution in [2.24, 2.45) is 0 Å². The summed E-state index contributed by atoms with van der Waals surface area (Å²) in [6.07, 6.45) is 0.153. The molecule has 1 aliphatic heterocycles. The van der Waals surface area contributed by atoms with Crippen LogP contribution in [0.1, 0.15) is 38.3 Å². The first-order valence-electron chi connectivity index (χ1n) is 12.2. The summed E-state index contributed by atoms with van der Waals surface area (Å²) < 4.78 is 10.9. The van der Waals surface area contributed by atoms with Gasteiger partial charge in [0.1, 0.15) is 18.4 Å². The van der Waals surface area contributed by atoms with Gasteiger partial charge in [0.05, 0.1) is 30.9 Å². The van der Waals surface area contributed by atoms with E-state index < -0.39 is 17.9 Å². The lowest BCUT2D eigenvalue weighted by atomic mass is 10.1. The van der Waals surface area contributed by atoms with Crippen LogP contribution in [0.2, 0.25) is 0 Å². The number of phenols is 1. The number of hydrogen-bond acceptors (Lipinski definition) is 7. The van der Waals surface area contributed by atoms with Crippen LogP contribution in [0.3, 0.4) is 0 Å². The molecule has 0 spiro atoms. The molecule has 3 aromatic rings. The van der Waals surface area contributed by atoms with Gasteiger partial charge < -0.3 is 19.9 Å². The van der Waals surface area contributed by atoms with Crippen LogP contribution in [-0.2, 0) is 32.1 Å². The number of benzene rings is 3. The molecule has 0 radical (unpaired) electrons. The van der Waals surface area contributed by atoms with E-state index in [4.69, 9.17) is 9.47 Å². The van der Waals surface area contributed by atoms with Crippen molar-refractivity contribution in [1.82, 2.24) is 10.2 Å². The Hall–Kier alpha value is -4.50. The number of aromatic hydroxyl groups is 1. The van der Waals surface area contributed by atoms with E-state index in [1.807, 2.05) is 30.3 Å². The standard InChI is InChI=1S/C29H28N2O7/c32-22-12-10-20(11-13-22)18-25(29(36)38-19-21-6-2-1-3-7-21)30-26(33)14-16-37-17-15-31-27(34)23-8-4-5-9-24(23)28(31)35/h1-13,25,32H,14-19H2,(H,30,33). The zero-order valence-corrected chi connectivity index (χ0v) is 20.7. The zero-order valence-electron chi connectivity index (χ0n) is 20.7. The quantitative estimate of drug-likeness (QED) is 0.216. The van der Waals surface area contributed by atoms with Gasteiger partial charge in [0.25, 0.3) is 11.8 Å². The van der Waals surface area contributed by atoms with Crippen LogP contribution in [0.4, 0.5) is 0 Å². The summed E-state index contributed by atoms with van der Waals surface area (Å²) in [5, 5.41) is 12.2. The minimum absolute atomic E-state index is 0.0276. The van der Waals surface area contributed by atoms with Gasteiger partial charge in [0.15, 0.2) is 0 Å². The number of carbonyl (C=O) groups is 4. The molecule has 1 heterocycles. The van der Waals surface area contributed by atoms with Gasteiger partial charge in [-0.1, -0.05) is 54.6 Å². The number of hydrogen-bond donors (Lipinski definition) is 2. The van der Waals surface area contributed by atoms with Crippen LogP contribution in [0.25, 0.3) is 0 Å². The molecule has 2 N–H and O–H groups in total. The molecule has 9 heteroatoms. The number of amides is 3. The summed E-state index contributed by atoms with van der Waals surface area (Å²) in [6.45, 7) is 0.264. The summed E-state index contributed by atoms with van der Waals surface area (Å²) in [7, 11) is 0. The summed E-state index contributed by atoms with van der Waals surface area (Å²) >= 11 is 0. The molecule has 3 aromatic carbocycles. The van der Waals surface area contributed by atoms with E-state index in [2.05, 4.69) is 5.32 Å². The van der Waals surface area contributed by atoms with Crippen LogP contribution in [-0.4, -0.2) is 59.5 Å². The minimum atomic E-state index is -0.936. The van der Waals surface area contributed by atoms with Gasteiger partial charge in [0, 0.05) is 12.8 Å². The lowest BCUT2D eigenvalue weighted by molar-refractivity contribution is -0.149. The maximum atomic E-state index is 12.8. The Labute approximate surface area is 220 Å². The summed E-state index contributed by atoms with van der Waals surface area (Å²) in [5.74, 6) is -1.62. The van der Waals surface area contributed by atoms with E-state index in [0.29, 0.717) is 11.1 Å². The third kappa shape index (κ3) is 6.83. The van der Waals surface area contributed by atoms with E-state index in [9.17, 15) is 24.3 Å². The Morgan fingerprint density at radius 3 is 2.11 bits per heavy atom. The highest BCUT2D eigenvalue weighted by Gasteiger charge is 2.34. The van der Waals surface area contributed by atoms with Crippen LogP contribution >= 0.6 is 0 Å². The Bertz CT molecular complexity index is 1260. The average molecular weight is 517 g/mol. The van der Waals surface area contributed by atoms with Crippen molar-refractivity contribution >= 4 is 23.7 Å². The monoisotopic (exact) mass is 516 g/mol. The van der Waals surface area contributed by atoms with E-state index in [1.165, 1.54) is 12.1 Å². The van der Waals surface area contributed by atoms with Crippen LogP contribution in [0, 0.1) is 0 Å². The Morgan fingerprint density at radius 1 is 0.816 bits per heavy atom. The number of imide groups is 1. The van der Waals surface area contributed by atoms with Gasteiger partial charge in [-0.05, 0) is 35.4 Å². The molecule has 1 unspecified atom stereocenters. The fourth-order valence-corrected chi connectivity index (χ4v) is 4.02. The molecule has 0 aliphatic carbocycles. The molecule has 1 atom stereocenters. The summed E-state index contributed by atoms with van der Waals surface area (Å²) in [4.78, 5) is 51.3. The van der Waals surface area contributed by atoms with Gasteiger partial charge >= 0.3 is 5.97 Å². The van der Waals surface area contributed by atoms with E-state index in [1.54, 1.807) is 36.4 Å². The number of nitrogens with zero attached hydrogens (tertiary/aromatic N) is 1. The maximum Gasteiger partial charge on any atom is 0.329 e. The third-order valence-corrected chi connectivity index (χ3v) is 6.03. The molecule has 0 saturated carbocycles. The Kier molecular flexibility index (Phi) is 8.84. The normalized spacial score (nSPS) is 13.2. The average Bonchev–Trinajstić information content (AvgIpc) is 3.17. The SMILES string of the molecule is O=C(CCOCCN1C(=O)c2ccccc2C1=O)NC(Cc1ccc(O)cc1)C(=O)OCc1ccccc1. The molecule has 9 nitrogen and oxygen atoms in total. The van der Waals surface area contributed by atoms with Gasteiger partial charge in [-0.2, -0.15) is 0 Å². The fraction of sp³-hybridized carbons (Fsp3) is 0.241. The van der Waals surface area contributed by atoms with E-state index >= 15 is 0 Å². The highest BCUT2D eigenvalue weighted by atomic mass is 16.5. The number of phenolic OH excluding ortho intramolecular Hbond substituents is 1. The second kappa shape index (κ2) is 12.6. The summed E-state index contributed by atoms with van der Waals surface area (Å²) in [5.41, 5.74) is 2.30. The van der Waals surface area contributed by atoms with Crippen molar-refractivity contribution in [3.05, 3.63) is 101 Å². The van der Waals surface area contributed by atoms with Crippen molar-refractivity contribution in [3.63, 3.8) is 0 Å². The van der Waals surface area contributed by atoms with Crippen LogP contribution in [0.15, 0.2) is 78.9 Å². The molecule has 1 aliphatic rings. The minimum Gasteiger partial charge on any atom is -0.508 e. The Balaban J connectivity index is 1.25. The van der Waals surface area contributed by atoms with Gasteiger partial charge in [-0.3, -0.25) is 19.3 Å². The van der Waals surface area contributed by atoms with E-state index in [-0.39, 0.29) is 56.8 Å². The van der Waals surface area contributed by atoms with Crippen LogP contribution in [0.5, 0.6) is 5.75 Å². The number of ether oxygens (including phenoxy) is 2. The topological polar surface area (TPSA) is 122 Å². The highest BCUT2D eigenvalue weighted by molar-refractivity contribution is 6.21. The molecule has 38 heavy (non-hydrogen) atoms. The number of rotatable bonds is 12. The van der Waals surface area contributed by atoms with Gasteiger partial charge in [0.2, 0.25) is 5.91 Å². The summed E-state index contributed by atoms with van der Waals surface area (Å²) in [6, 6.07) is 21.3. The zero-order chi connectivity index (χ0) is 26.9. The van der Waals surface area contributed by atoms with Crippen molar-refractivity contribution in [3.8, 4) is 5.75 Å². The lowest BCUT2D eigenvalue weighted by Crippen LogP contribution is -2.43. The maximum absolute atomic E-state index is 12.8. The van der Waals surface area contributed by atoms with E-state index in [0.717, 1.165) is 16.0 Å². The number of fused-ring (bicyclic) bond motifs is 1. The molecule has 3 amide bonds. The molecule has 0 fully saturated rings. The lowest BCUT2D eigenvalue weighted by Gasteiger charge is -2.18. The van der Waals surface area contributed by atoms with Crippen molar-refractivity contribution in [2.45, 2.75) is 25.5 Å².